The van der Waals surface area contributed by atoms with E-state index in [2.05, 4.69) is 27.2 Å². The van der Waals surface area contributed by atoms with E-state index in [0.717, 1.165) is 19.3 Å². The summed E-state index contributed by atoms with van der Waals surface area (Å²) in [7, 11) is -3.39. The van der Waals surface area contributed by atoms with Crippen molar-refractivity contribution in [1.29, 1.82) is 0 Å². The number of unbranched alkanes of at least 4 members (excludes halogenated alkanes) is 3. The highest BCUT2D eigenvalue weighted by Gasteiger charge is 2.17. The van der Waals surface area contributed by atoms with E-state index in [9.17, 15) is 8.42 Å². The maximum Gasteiger partial charge on any atom is 0.247 e. The monoisotopic (exact) mass is 295 g/mol. The third-order valence-corrected chi connectivity index (χ3v) is 4.44. The molecule has 7 nitrogen and oxygen atoms in total. The molecule has 0 radical (unpaired) electrons. The summed E-state index contributed by atoms with van der Waals surface area (Å²) in [5, 5.41) is 7.33. The smallest absolute Gasteiger partial charge is 0.225 e. The van der Waals surface area contributed by atoms with Crippen molar-refractivity contribution in [3.8, 4) is 5.69 Å². The van der Waals surface area contributed by atoms with Gasteiger partial charge in [0.15, 0.2) is 0 Å². The summed E-state index contributed by atoms with van der Waals surface area (Å²) in [5.41, 5.74) is 0.576. The first-order valence-corrected chi connectivity index (χ1v) is 8.20. The second-order valence-corrected chi connectivity index (χ2v) is 6.45. The lowest BCUT2D eigenvalue weighted by atomic mass is 10.2. The van der Waals surface area contributed by atoms with Crippen LogP contribution in [0.3, 0.4) is 0 Å². The summed E-state index contributed by atoms with van der Waals surface area (Å²) in [4.78, 5) is 7.84. The fourth-order valence-corrected chi connectivity index (χ4v) is 2.94. The van der Waals surface area contributed by atoms with Crippen LogP contribution in [0.2, 0.25) is 0 Å². The van der Waals surface area contributed by atoms with E-state index < -0.39 is 9.84 Å². The minimum atomic E-state index is -3.39. The average Bonchev–Trinajstić information content (AvgIpc) is 2.98. The normalized spacial score (nSPS) is 11.7. The fraction of sp³-hybridized carbons (Fsp3) is 0.500. The van der Waals surface area contributed by atoms with Crippen LogP contribution in [0.4, 0.5) is 0 Å². The first kappa shape index (κ1) is 14.6. The number of rotatable bonds is 7. The topological polar surface area (TPSA) is 90.6 Å². The molecule has 2 aromatic heterocycles. The van der Waals surface area contributed by atoms with Gasteiger partial charge in [0.25, 0.3) is 0 Å². The lowest BCUT2D eigenvalue weighted by molar-refractivity contribution is 0.579. The maximum atomic E-state index is 12.0. The molecule has 0 atom stereocenters. The second kappa shape index (κ2) is 6.56. The van der Waals surface area contributed by atoms with Crippen molar-refractivity contribution in [2.45, 2.75) is 37.8 Å². The molecule has 8 heteroatoms. The van der Waals surface area contributed by atoms with Crippen molar-refractivity contribution < 1.29 is 8.42 Å². The summed E-state index contributed by atoms with van der Waals surface area (Å²) in [5.74, 6) is 0.0929. The molecule has 0 aliphatic rings. The lowest BCUT2D eigenvalue weighted by Crippen LogP contribution is -2.11. The maximum absolute atomic E-state index is 12.0. The van der Waals surface area contributed by atoms with Gasteiger partial charge in [0, 0.05) is 0 Å². The Bertz CT molecular complexity index is 622. The number of hydrogen-bond acceptors (Lipinski definition) is 6. The molecule has 0 bridgehead atoms. The minimum Gasteiger partial charge on any atom is -0.225 e. The minimum absolute atomic E-state index is 0.0929. The predicted octanol–water partition coefficient (Wildman–Crippen LogP) is 1.41. The van der Waals surface area contributed by atoms with Gasteiger partial charge in [-0.25, -0.2) is 23.1 Å². The van der Waals surface area contributed by atoms with Gasteiger partial charge in [-0.1, -0.05) is 31.4 Å². The molecule has 2 aromatic rings. The van der Waals surface area contributed by atoms with Gasteiger partial charge in [0.2, 0.25) is 15.0 Å². The fourth-order valence-electron chi connectivity index (χ4n) is 1.74. The molecule has 0 aromatic carbocycles. The van der Waals surface area contributed by atoms with Crippen LogP contribution in [0, 0.1) is 0 Å². The molecule has 0 aliphatic heterocycles. The average molecular weight is 295 g/mol. The number of sulfone groups is 1. The Morgan fingerprint density at radius 2 is 1.90 bits per heavy atom. The van der Waals surface area contributed by atoms with Crippen LogP contribution in [0.1, 0.15) is 32.6 Å². The van der Waals surface area contributed by atoms with Gasteiger partial charge in [0.05, 0.1) is 30.5 Å². The van der Waals surface area contributed by atoms with E-state index in [4.69, 9.17) is 0 Å². The Hall–Kier alpha value is -1.83. The van der Waals surface area contributed by atoms with Gasteiger partial charge in [-0.05, 0) is 6.42 Å². The highest BCUT2D eigenvalue weighted by Crippen LogP contribution is 2.10. The zero-order valence-corrected chi connectivity index (χ0v) is 12.1. The quantitative estimate of drug-likeness (QED) is 0.566. The van der Waals surface area contributed by atoms with E-state index in [1.54, 1.807) is 6.20 Å². The Labute approximate surface area is 118 Å². The molecule has 2 rings (SSSR count). The molecular formula is C12H17N5O2S. The van der Waals surface area contributed by atoms with Crippen molar-refractivity contribution >= 4 is 9.84 Å². The zero-order chi connectivity index (χ0) is 14.4. The standard InChI is InChI=1S/C12H17N5O2S/c1-2-3-4-5-8-20(18,19)12-13-9-11(10-14-12)17-7-6-15-16-17/h6-7,9-10H,2-5,8H2,1H3. The Kier molecular flexibility index (Phi) is 4.78. The van der Waals surface area contributed by atoms with Crippen molar-refractivity contribution in [3.63, 3.8) is 0 Å². The summed E-state index contributed by atoms with van der Waals surface area (Å²) in [6.45, 7) is 2.08. The van der Waals surface area contributed by atoms with E-state index in [-0.39, 0.29) is 10.9 Å². The molecule has 0 spiro atoms. The van der Waals surface area contributed by atoms with Gasteiger partial charge in [0.1, 0.15) is 5.69 Å². The summed E-state index contributed by atoms with van der Waals surface area (Å²) >= 11 is 0. The van der Waals surface area contributed by atoms with Gasteiger partial charge >= 0.3 is 0 Å². The van der Waals surface area contributed by atoms with E-state index in [0.29, 0.717) is 12.1 Å². The lowest BCUT2D eigenvalue weighted by Gasteiger charge is -2.04. The van der Waals surface area contributed by atoms with E-state index in [1.165, 1.54) is 23.3 Å². The highest BCUT2D eigenvalue weighted by molar-refractivity contribution is 7.91. The van der Waals surface area contributed by atoms with Gasteiger partial charge in [-0.2, -0.15) is 0 Å². The Morgan fingerprint density at radius 3 is 2.50 bits per heavy atom. The second-order valence-electron chi connectivity index (χ2n) is 4.45. The third kappa shape index (κ3) is 3.60. The van der Waals surface area contributed by atoms with Crippen molar-refractivity contribution in [2.24, 2.45) is 0 Å². The van der Waals surface area contributed by atoms with Crippen molar-refractivity contribution in [2.75, 3.05) is 5.75 Å². The van der Waals surface area contributed by atoms with Crippen LogP contribution in [0.5, 0.6) is 0 Å². The number of hydrogen-bond donors (Lipinski definition) is 0. The van der Waals surface area contributed by atoms with Crippen LogP contribution >= 0.6 is 0 Å². The van der Waals surface area contributed by atoms with Crippen LogP contribution in [-0.4, -0.2) is 39.1 Å². The third-order valence-electron chi connectivity index (χ3n) is 2.85. The molecule has 0 amide bonds. The highest BCUT2D eigenvalue weighted by atomic mass is 32.2. The first-order valence-electron chi connectivity index (χ1n) is 6.55. The molecule has 2 heterocycles. The zero-order valence-electron chi connectivity index (χ0n) is 11.3. The molecule has 0 unspecified atom stereocenters. The molecule has 0 saturated carbocycles. The molecule has 20 heavy (non-hydrogen) atoms. The molecular weight excluding hydrogens is 278 g/mol. The molecule has 108 valence electrons. The van der Waals surface area contributed by atoms with Crippen LogP contribution in [-0.2, 0) is 9.84 Å². The molecule has 0 saturated heterocycles. The van der Waals surface area contributed by atoms with E-state index >= 15 is 0 Å². The van der Waals surface area contributed by atoms with E-state index in [1.807, 2.05) is 0 Å². The molecule has 0 aliphatic carbocycles. The number of aromatic nitrogens is 5. The summed E-state index contributed by atoms with van der Waals surface area (Å²) in [6.07, 6.45) is 9.69. The Morgan fingerprint density at radius 1 is 1.15 bits per heavy atom. The number of nitrogens with zero attached hydrogens (tertiary/aromatic N) is 5. The largest absolute Gasteiger partial charge is 0.247 e. The molecule has 0 fully saturated rings. The summed E-state index contributed by atoms with van der Waals surface area (Å²) in [6, 6.07) is 0. The molecule has 0 N–H and O–H groups in total. The van der Waals surface area contributed by atoms with Crippen LogP contribution < -0.4 is 0 Å². The van der Waals surface area contributed by atoms with Crippen LogP contribution in [0.25, 0.3) is 5.69 Å². The SMILES string of the molecule is CCCCCCS(=O)(=O)c1ncc(-n2ccnn2)cn1. The predicted molar refractivity (Wildman–Crippen MR) is 73.1 cm³/mol. The van der Waals surface area contributed by atoms with Gasteiger partial charge < -0.3 is 0 Å². The van der Waals surface area contributed by atoms with Gasteiger partial charge in [-0.15, -0.1) is 5.10 Å². The van der Waals surface area contributed by atoms with Crippen molar-refractivity contribution in [3.05, 3.63) is 24.8 Å². The van der Waals surface area contributed by atoms with Crippen LogP contribution in [0.15, 0.2) is 29.9 Å². The Balaban J connectivity index is 2.05. The summed E-state index contributed by atoms with van der Waals surface area (Å²) < 4.78 is 25.5. The first-order chi connectivity index (χ1) is 9.63. The van der Waals surface area contributed by atoms with Gasteiger partial charge in [-0.3, -0.25) is 0 Å². The van der Waals surface area contributed by atoms with Crippen molar-refractivity contribution in [1.82, 2.24) is 25.0 Å².